The molecule has 0 saturated carbocycles. The molecule has 0 saturated heterocycles. The zero-order valence-electron chi connectivity index (χ0n) is 24.9. The second-order valence-corrected chi connectivity index (χ2v) is 11.4. The van der Waals surface area contributed by atoms with Crippen LogP contribution >= 0.6 is 0 Å². The topological polar surface area (TPSA) is 141 Å². The Labute approximate surface area is 245 Å². The highest BCUT2D eigenvalue weighted by molar-refractivity contribution is 5.84. The van der Waals surface area contributed by atoms with Crippen molar-refractivity contribution in [2.24, 2.45) is 5.92 Å². The van der Waals surface area contributed by atoms with Crippen molar-refractivity contribution in [3.05, 3.63) is 48.8 Å². The van der Waals surface area contributed by atoms with Gasteiger partial charge in [-0.15, -0.1) is 0 Å². The van der Waals surface area contributed by atoms with Gasteiger partial charge >= 0.3 is 5.97 Å². The number of ether oxygens (including phenoxy) is 3. The number of H-pyrrole nitrogens is 1. The summed E-state index contributed by atoms with van der Waals surface area (Å²) >= 11 is 0. The molecule has 0 bridgehead atoms. The van der Waals surface area contributed by atoms with Gasteiger partial charge in [0.15, 0.2) is 17.3 Å². The molecule has 2 aromatic carbocycles. The van der Waals surface area contributed by atoms with E-state index in [-0.39, 0.29) is 18.2 Å². The van der Waals surface area contributed by atoms with Crippen LogP contribution in [0.3, 0.4) is 0 Å². The van der Waals surface area contributed by atoms with Crippen molar-refractivity contribution in [1.29, 1.82) is 0 Å². The molecule has 0 aliphatic carbocycles. The molecule has 0 fully saturated rings. The van der Waals surface area contributed by atoms with Crippen molar-refractivity contribution < 1.29 is 28.2 Å². The minimum absolute atomic E-state index is 0.208. The summed E-state index contributed by atoms with van der Waals surface area (Å²) in [4.78, 5) is 29.5. The zero-order valence-corrected chi connectivity index (χ0v) is 24.9. The number of hydrogen-bond donors (Lipinski definition) is 3. The Balaban J connectivity index is 1.29. The number of hydrogen-bond acceptors (Lipinski definition) is 9. The van der Waals surface area contributed by atoms with Gasteiger partial charge in [0.25, 0.3) is 6.01 Å². The number of amides is 1. The van der Waals surface area contributed by atoms with Crippen LogP contribution in [-0.4, -0.2) is 52.4 Å². The molecular formula is C31H39N5O6. The molecule has 4 aromatic rings. The van der Waals surface area contributed by atoms with Crippen LogP contribution in [0.1, 0.15) is 53.9 Å². The number of rotatable bonds is 13. The van der Waals surface area contributed by atoms with E-state index in [1.807, 2.05) is 58.9 Å². The molecule has 224 valence electrons. The second kappa shape index (κ2) is 13.4. The van der Waals surface area contributed by atoms with Gasteiger partial charge in [-0.3, -0.25) is 9.89 Å². The van der Waals surface area contributed by atoms with Gasteiger partial charge in [0.1, 0.15) is 11.6 Å². The predicted octanol–water partition coefficient (Wildman–Crippen LogP) is 6.00. The van der Waals surface area contributed by atoms with Crippen molar-refractivity contribution in [2.75, 3.05) is 19.0 Å². The minimum atomic E-state index is -0.683. The standard InChI is InChI=1S/C31H39N5O6/c1-19(2)14-24(29(38)42-31(3,4)5)35-28(37)8-7-13-40-25-12-9-20(16-26(25)39-6)27-18-32-30(41-27)34-22-10-11-23-21(15-22)17-33-36-23/h9-12,15-19,24H,7-8,13-14H2,1-6H3,(H,32,34)(H,33,36)(H,35,37)/t24-/m1/s1. The Bertz CT molecular complexity index is 1500. The second-order valence-electron chi connectivity index (χ2n) is 11.4. The molecule has 0 spiro atoms. The van der Waals surface area contributed by atoms with Crippen LogP contribution in [0.15, 0.2) is 53.2 Å². The number of nitrogens with one attached hydrogen (secondary N) is 3. The zero-order chi connectivity index (χ0) is 30.3. The molecule has 4 rings (SSSR count). The van der Waals surface area contributed by atoms with Gasteiger partial charge in [0.2, 0.25) is 5.91 Å². The summed E-state index contributed by atoms with van der Waals surface area (Å²) in [6.45, 7) is 9.71. The Morgan fingerprint density at radius 3 is 2.62 bits per heavy atom. The van der Waals surface area contributed by atoms with Crippen LogP contribution in [0, 0.1) is 5.92 Å². The molecule has 11 nitrogen and oxygen atoms in total. The number of aromatic nitrogens is 3. The van der Waals surface area contributed by atoms with E-state index in [2.05, 4.69) is 25.8 Å². The maximum absolute atomic E-state index is 12.6. The molecule has 3 N–H and O–H groups in total. The van der Waals surface area contributed by atoms with E-state index in [0.717, 1.165) is 22.2 Å². The number of fused-ring (bicyclic) bond motifs is 1. The number of anilines is 2. The van der Waals surface area contributed by atoms with Crippen LogP contribution < -0.4 is 20.1 Å². The lowest BCUT2D eigenvalue weighted by atomic mass is 10.0. The van der Waals surface area contributed by atoms with E-state index < -0.39 is 17.6 Å². The first kappa shape index (κ1) is 30.4. The predicted molar refractivity (Wildman–Crippen MR) is 160 cm³/mol. The average molecular weight is 578 g/mol. The van der Waals surface area contributed by atoms with Crippen molar-refractivity contribution in [2.45, 2.75) is 65.5 Å². The number of esters is 1. The quantitative estimate of drug-likeness (QED) is 0.129. The minimum Gasteiger partial charge on any atom is -0.493 e. The van der Waals surface area contributed by atoms with E-state index in [4.69, 9.17) is 18.6 Å². The van der Waals surface area contributed by atoms with Gasteiger partial charge in [-0.05, 0) is 75.9 Å². The fourth-order valence-corrected chi connectivity index (χ4v) is 4.29. The van der Waals surface area contributed by atoms with Crippen molar-refractivity contribution in [3.8, 4) is 22.8 Å². The monoisotopic (exact) mass is 577 g/mol. The fourth-order valence-electron chi connectivity index (χ4n) is 4.29. The van der Waals surface area contributed by atoms with Crippen LogP contribution in [0.25, 0.3) is 22.2 Å². The summed E-state index contributed by atoms with van der Waals surface area (Å²) in [5, 5.41) is 13.9. The fraction of sp³-hybridized carbons (Fsp3) is 0.419. The molecule has 0 radical (unpaired) electrons. The Morgan fingerprint density at radius 1 is 1.07 bits per heavy atom. The van der Waals surface area contributed by atoms with Crippen LogP contribution in [0.4, 0.5) is 11.7 Å². The highest BCUT2D eigenvalue weighted by Gasteiger charge is 2.27. The molecule has 11 heteroatoms. The number of nitrogens with zero attached hydrogens (tertiary/aromatic N) is 2. The third kappa shape index (κ3) is 8.48. The van der Waals surface area contributed by atoms with E-state index in [1.165, 1.54) is 0 Å². The Hall–Kier alpha value is -4.54. The number of carbonyl (C=O) groups excluding carboxylic acids is 2. The average Bonchev–Trinajstić information content (AvgIpc) is 3.59. The van der Waals surface area contributed by atoms with Gasteiger partial charge in [-0.1, -0.05) is 13.8 Å². The van der Waals surface area contributed by atoms with E-state index >= 15 is 0 Å². The molecule has 2 aromatic heterocycles. The Kier molecular flexibility index (Phi) is 9.72. The maximum atomic E-state index is 12.6. The molecule has 0 aliphatic heterocycles. The summed E-state index contributed by atoms with van der Waals surface area (Å²) < 4.78 is 22.8. The molecule has 0 unspecified atom stereocenters. The summed E-state index contributed by atoms with van der Waals surface area (Å²) in [6.07, 6.45) is 4.56. The normalized spacial score (nSPS) is 12.3. The largest absolute Gasteiger partial charge is 0.493 e. The third-order valence-corrected chi connectivity index (χ3v) is 6.18. The molecule has 0 aliphatic rings. The van der Waals surface area contributed by atoms with E-state index in [1.54, 1.807) is 31.6 Å². The van der Waals surface area contributed by atoms with Gasteiger partial charge in [-0.25, -0.2) is 9.78 Å². The number of benzene rings is 2. The first-order valence-corrected chi connectivity index (χ1v) is 14.0. The van der Waals surface area contributed by atoms with Gasteiger partial charge in [-0.2, -0.15) is 5.10 Å². The van der Waals surface area contributed by atoms with Crippen molar-refractivity contribution in [1.82, 2.24) is 20.5 Å². The molecule has 2 heterocycles. The van der Waals surface area contributed by atoms with Crippen LogP contribution in [0.2, 0.25) is 0 Å². The third-order valence-electron chi connectivity index (χ3n) is 6.18. The molecule has 1 amide bonds. The lowest BCUT2D eigenvalue weighted by Gasteiger charge is -2.25. The summed E-state index contributed by atoms with van der Waals surface area (Å²) in [7, 11) is 1.56. The number of aromatic amines is 1. The highest BCUT2D eigenvalue weighted by atomic mass is 16.6. The number of oxazole rings is 1. The highest BCUT2D eigenvalue weighted by Crippen LogP contribution is 2.34. The van der Waals surface area contributed by atoms with Crippen molar-refractivity contribution in [3.63, 3.8) is 0 Å². The first-order chi connectivity index (χ1) is 20.0. The summed E-state index contributed by atoms with van der Waals surface area (Å²) in [6, 6.07) is 10.9. The summed E-state index contributed by atoms with van der Waals surface area (Å²) in [5.74, 6) is 1.20. The van der Waals surface area contributed by atoms with E-state index in [9.17, 15) is 9.59 Å². The van der Waals surface area contributed by atoms with Crippen molar-refractivity contribution >= 4 is 34.5 Å². The maximum Gasteiger partial charge on any atom is 0.329 e. The van der Waals surface area contributed by atoms with Crippen LogP contribution in [-0.2, 0) is 14.3 Å². The van der Waals surface area contributed by atoms with Gasteiger partial charge in [0.05, 0.1) is 31.6 Å². The smallest absolute Gasteiger partial charge is 0.329 e. The lowest BCUT2D eigenvalue weighted by Crippen LogP contribution is -2.44. The Morgan fingerprint density at radius 2 is 1.88 bits per heavy atom. The number of methoxy groups -OCH3 is 1. The van der Waals surface area contributed by atoms with Gasteiger partial charge < -0.3 is 29.3 Å². The lowest BCUT2D eigenvalue weighted by molar-refractivity contribution is -0.159. The molecule has 42 heavy (non-hydrogen) atoms. The molecule has 1 atom stereocenters. The summed E-state index contributed by atoms with van der Waals surface area (Å²) in [5.41, 5.74) is 1.91. The SMILES string of the molecule is COc1cc(-c2cnc(Nc3ccc4[nH]ncc4c3)o2)ccc1OCCCC(=O)N[C@H](CC(C)C)C(=O)OC(C)(C)C. The van der Waals surface area contributed by atoms with E-state index in [0.29, 0.717) is 42.7 Å². The molecular weight excluding hydrogens is 538 g/mol. The first-order valence-electron chi connectivity index (χ1n) is 14.0. The van der Waals surface area contributed by atoms with Gasteiger partial charge in [0, 0.05) is 23.1 Å². The number of carbonyl (C=O) groups is 2. The van der Waals surface area contributed by atoms with Crippen LogP contribution in [0.5, 0.6) is 11.5 Å².